The molecule has 2 aromatic carbocycles. The van der Waals surface area contributed by atoms with Crippen LogP contribution in [0.1, 0.15) is 66.4 Å². The lowest BCUT2D eigenvalue weighted by molar-refractivity contribution is 0.0368. The van der Waals surface area contributed by atoms with Crippen LogP contribution >= 0.6 is 0 Å². The van der Waals surface area contributed by atoms with Crippen molar-refractivity contribution in [1.82, 2.24) is 9.80 Å². The summed E-state index contributed by atoms with van der Waals surface area (Å²) in [5.74, 6) is 2.16. The van der Waals surface area contributed by atoms with Crippen molar-refractivity contribution in [2.75, 3.05) is 39.3 Å². The molecule has 1 spiro atoms. The number of benzene rings is 2. The molecule has 1 aliphatic carbocycles. The molecule has 4 heteroatoms. The molecule has 0 unspecified atom stereocenters. The average Bonchev–Trinajstić information content (AvgIpc) is 3.66. The van der Waals surface area contributed by atoms with Gasteiger partial charge in [0.2, 0.25) is 0 Å². The second kappa shape index (κ2) is 10.5. The molecule has 0 bridgehead atoms. The van der Waals surface area contributed by atoms with Crippen molar-refractivity contribution >= 4 is 5.91 Å². The maximum atomic E-state index is 13.2. The molecule has 4 nitrogen and oxygen atoms in total. The van der Waals surface area contributed by atoms with E-state index in [1.807, 2.05) is 31.2 Å². The van der Waals surface area contributed by atoms with Crippen LogP contribution in [0, 0.1) is 18.3 Å². The first-order valence-electron chi connectivity index (χ1n) is 13.4. The van der Waals surface area contributed by atoms with Crippen LogP contribution in [-0.2, 0) is 6.42 Å². The highest BCUT2D eigenvalue weighted by Crippen LogP contribution is 2.40. The second-order valence-corrected chi connectivity index (χ2v) is 10.9. The van der Waals surface area contributed by atoms with E-state index in [9.17, 15) is 4.79 Å². The number of ether oxygens (including phenoxy) is 1. The maximum absolute atomic E-state index is 13.2. The average molecular weight is 461 g/mol. The summed E-state index contributed by atoms with van der Waals surface area (Å²) in [5.41, 5.74) is 3.61. The Hall–Kier alpha value is -2.33. The van der Waals surface area contributed by atoms with E-state index in [1.165, 1.54) is 44.2 Å². The summed E-state index contributed by atoms with van der Waals surface area (Å²) in [6.07, 6.45) is 9.80. The van der Waals surface area contributed by atoms with Crippen molar-refractivity contribution in [3.8, 4) is 5.75 Å². The first kappa shape index (κ1) is 23.4. The first-order valence-corrected chi connectivity index (χ1v) is 13.4. The minimum atomic E-state index is 0.209. The molecule has 2 heterocycles. The van der Waals surface area contributed by atoms with Crippen LogP contribution in [-0.4, -0.2) is 55.0 Å². The predicted octanol–water partition coefficient (Wildman–Crippen LogP) is 5.73. The standard InChI is InChI=1S/C30H40N2O2/c1-24-8-2-4-11-27(24)29(33)32-18-16-30(17-19-32)15-7-6-10-26-9-3-5-12-28(26)34-21-20-31(23-30)22-25-13-14-25/h2-5,8-9,11-12,25H,6-7,10,13-23H2,1H3. The Morgan fingerprint density at radius 2 is 1.74 bits per heavy atom. The third-order valence-electron chi connectivity index (χ3n) is 8.30. The Balaban J connectivity index is 1.29. The number of rotatable bonds is 3. The van der Waals surface area contributed by atoms with E-state index in [2.05, 4.69) is 34.1 Å². The molecule has 2 aliphatic heterocycles. The normalized spacial score (nSPS) is 21.7. The van der Waals surface area contributed by atoms with Gasteiger partial charge in [-0.3, -0.25) is 9.69 Å². The third kappa shape index (κ3) is 5.66. The van der Waals surface area contributed by atoms with Gasteiger partial charge in [0.15, 0.2) is 0 Å². The highest BCUT2D eigenvalue weighted by Gasteiger charge is 2.38. The predicted molar refractivity (Wildman–Crippen MR) is 137 cm³/mol. The minimum absolute atomic E-state index is 0.209. The highest BCUT2D eigenvalue weighted by atomic mass is 16.5. The molecule has 5 rings (SSSR count). The number of carbonyl (C=O) groups excluding carboxylic acids is 1. The van der Waals surface area contributed by atoms with E-state index in [4.69, 9.17) is 4.74 Å². The van der Waals surface area contributed by atoms with Crippen LogP contribution in [0.15, 0.2) is 48.5 Å². The number of amides is 1. The number of nitrogens with zero attached hydrogens (tertiary/aromatic N) is 2. The van der Waals surface area contributed by atoms with Gasteiger partial charge >= 0.3 is 0 Å². The highest BCUT2D eigenvalue weighted by molar-refractivity contribution is 5.95. The Morgan fingerprint density at radius 3 is 2.53 bits per heavy atom. The topological polar surface area (TPSA) is 32.8 Å². The van der Waals surface area contributed by atoms with Gasteiger partial charge in [-0.05, 0) is 86.5 Å². The van der Waals surface area contributed by atoms with Crippen LogP contribution in [0.25, 0.3) is 0 Å². The molecule has 182 valence electrons. The molecule has 3 aliphatic rings. The number of carbonyl (C=O) groups is 1. The fourth-order valence-electron chi connectivity index (χ4n) is 5.98. The van der Waals surface area contributed by atoms with Crippen LogP contribution < -0.4 is 4.74 Å². The van der Waals surface area contributed by atoms with Crippen molar-refractivity contribution in [3.63, 3.8) is 0 Å². The number of piperidine rings is 1. The first-order chi connectivity index (χ1) is 16.6. The Morgan fingerprint density at radius 1 is 0.971 bits per heavy atom. The minimum Gasteiger partial charge on any atom is -0.492 e. The summed E-state index contributed by atoms with van der Waals surface area (Å²) in [5, 5.41) is 0. The molecule has 0 aromatic heterocycles. The van der Waals surface area contributed by atoms with Gasteiger partial charge in [-0.2, -0.15) is 0 Å². The zero-order valence-corrected chi connectivity index (χ0v) is 20.8. The van der Waals surface area contributed by atoms with Crippen LogP contribution in [0.4, 0.5) is 0 Å². The van der Waals surface area contributed by atoms with Gasteiger partial charge in [-0.15, -0.1) is 0 Å². The van der Waals surface area contributed by atoms with Gasteiger partial charge in [-0.25, -0.2) is 0 Å². The Bertz CT molecular complexity index is 975. The summed E-state index contributed by atoms with van der Waals surface area (Å²) < 4.78 is 6.28. The van der Waals surface area contributed by atoms with Crippen molar-refractivity contribution in [2.24, 2.45) is 11.3 Å². The van der Waals surface area contributed by atoms with Crippen LogP contribution in [0.5, 0.6) is 5.75 Å². The monoisotopic (exact) mass is 460 g/mol. The summed E-state index contributed by atoms with van der Waals surface area (Å²) in [4.78, 5) is 18.0. The van der Waals surface area contributed by atoms with Crippen LogP contribution in [0.3, 0.4) is 0 Å². The zero-order valence-electron chi connectivity index (χ0n) is 20.8. The number of fused-ring (bicyclic) bond motifs is 1. The number of hydrogen-bond donors (Lipinski definition) is 0. The van der Waals surface area contributed by atoms with Crippen molar-refractivity contribution in [1.29, 1.82) is 0 Å². The molecule has 2 aromatic rings. The maximum Gasteiger partial charge on any atom is 0.254 e. The second-order valence-electron chi connectivity index (χ2n) is 10.9. The van der Waals surface area contributed by atoms with Gasteiger partial charge in [0.05, 0.1) is 0 Å². The smallest absolute Gasteiger partial charge is 0.254 e. The molecular weight excluding hydrogens is 420 g/mol. The van der Waals surface area contributed by atoms with E-state index in [0.29, 0.717) is 5.41 Å². The largest absolute Gasteiger partial charge is 0.492 e. The van der Waals surface area contributed by atoms with Crippen molar-refractivity contribution in [3.05, 3.63) is 65.2 Å². The van der Waals surface area contributed by atoms with E-state index in [0.717, 1.165) is 74.8 Å². The number of likely N-dealkylation sites (tertiary alicyclic amines) is 1. The molecule has 0 atom stereocenters. The molecule has 1 saturated heterocycles. The fraction of sp³-hybridized carbons (Fsp3) is 0.567. The number of para-hydroxylation sites is 1. The fourth-order valence-corrected chi connectivity index (χ4v) is 5.98. The lowest BCUT2D eigenvalue weighted by Gasteiger charge is -2.45. The molecular formula is C30H40N2O2. The van der Waals surface area contributed by atoms with Gasteiger partial charge in [0.1, 0.15) is 12.4 Å². The van der Waals surface area contributed by atoms with Gasteiger partial charge in [-0.1, -0.05) is 42.8 Å². The van der Waals surface area contributed by atoms with Gasteiger partial charge in [0, 0.05) is 38.3 Å². The SMILES string of the molecule is Cc1ccccc1C(=O)N1CCC2(CCCCc3ccccc3OCCN(CC3CC3)C2)CC1. The summed E-state index contributed by atoms with van der Waals surface area (Å²) in [6.45, 7) is 7.92. The van der Waals surface area contributed by atoms with Gasteiger partial charge < -0.3 is 9.64 Å². The molecule has 0 radical (unpaired) electrons. The van der Waals surface area contributed by atoms with Gasteiger partial charge in [0.25, 0.3) is 5.91 Å². The molecule has 1 amide bonds. The lowest BCUT2D eigenvalue weighted by Crippen LogP contribution is -2.49. The molecule has 1 saturated carbocycles. The summed E-state index contributed by atoms with van der Waals surface area (Å²) in [7, 11) is 0. The van der Waals surface area contributed by atoms with E-state index < -0.39 is 0 Å². The third-order valence-corrected chi connectivity index (χ3v) is 8.30. The number of hydrogen-bond acceptors (Lipinski definition) is 3. The quantitative estimate of drug-likeness (QED) is 0.586. The lowest BCUT2D eigenvalue weighted by atomic mass is 9.73. The Labute approximate surface area is 205 Å². The van der Waals surface area contributed by atoms with E-state index in [1.54, 1.807) is 0 Å². The number of aryl methyl sites for hydroxylation is 2. The summed E-state index contributed by atoms with van der Waals surface area (Å²) >= 11 is 0. The molecule has 2 fully saturated rings. The Kier molecular flexibility index (Phi) is 7.24. The van der Waals surface area contributed by atoms with Crippen molar-refractivity contribution in [2.45, 2.75) is 58.3 Å². The van der Waals surface area contributed by atoms with E-state index >= 15 is 0 Å². The summed E-state index contributed by atoms with van der Waals surface area (Å²) in [6, 6.07) is 16.6. The molecule has 34 heavy (non-hydrogen) atoms. The molecule has 0 N–H and O–H groups in total. The van der Waals surface area contributed by atoms with Crippen LogP contribution in [0.2, 0.25) is 0 Å². The van der Waals surface area contributed by atoms with E-state index in [-0.39, 0.29) is 5.91 Å². The van der Waals surface area contributed by atoms with Crippen molar-refractivity contribution < 1.29 is 9.53 Å². The zero-order chi connectivity index (χ0) is 23.4.